The lowest BCUT2D eigenvalue weighted by molar-refractivity contribution is 0.244. The van der Waals surface area contributed by atoms with Gasteiger partial charge in [0.25, 0.3) is 0 Å². The standard InChI is InChI=1S/C22H27N7O/c1-2-30-19-10-8-17(9-11-19)24-22-26-20(25-21(23)27-22)16-28-12-14-29(15-13-28)18-6-4-3-5-7-18/h3-11H,2,12-16H2,1H3,(H3,23,24,25,26,27). The van der Waals surface area contributed by atoms with E-state index in [-0.39, 0.29) is 5.95 Å². The predicted octanol–water partition coefficient (Wildman–Crippen LogP) is 2.92. The van der Waals surface area contributed by atoms with Gasteiger partial charge < -0.3 is 20.7 Å². The van der Waals surface area contributed by atoms with E-state index in [0.29, 0.717) is 24.9 Å². The largest absolute Gasteiger partial charge is 0.494 e. The number of aromatic nitrogens is 3. The van der Waals surface area contributed by atoms with Gasteiger partial charge in [-0.25, -0.2) is 0 Å². The molecule has 0 bridgehead atoms. The lowest BCUT2D eigenvalue weighted by Gasteiger charge is -2.35. The minimum absolute atomic E-state index is 0.219. The van der Waals surface area contributed by atoms with E-state index in [1.165, 1.54) is 5.69 Å². The number of ether oxygens (including phenoxy) is 1. The van der Waals surface area contributed by atoms with Crippen LogP contribution in [0, 0.1) is 0 Å². The van der Waals surface area contributed by atoms with Crippen molar-refractivity contribution >= 4 is 23.3 Å². The van der Waals surface area contributed by atoms with E-state index < -0.39 is 0 Å². The summed E-state index contributed by atoms with van der Waals surface area (Å²) in [4.78, 5) is 17.8. The molecule has 30 heavy (non-hydrogen) atoms. The molecule has 8 nitrogen and oxygen atoms in total. The Morgan fingerprint density at radius 2 is 1.67 bits per heavy atom. The molecule has 1 aromatic heterocycles. The second-order valence-corrected chi connectivity index (χ2v) is 7.11. The predicted molar refractivity (Wildman–Crippen MR) is 119 cm³/mol. The van der Waals surface area contributed by atoms with Gasteiger partial charge in [-0.15, -0.1) is 0 Å². The van der Waals surface area contributed by atoms with Crippen molar-refractivity contribution in [3.05, 3.63) is 60.4 Å². The van der Waals surface area contributed by atoms with Gasteiger partial charge in [0.1, 0.15) is 11.6 Å². The van der Waals surface area contributed by atoms with Crippen LogP contribution in [0.15, 0.2) is 54.6 Å². The summed E-state index contributed by atoms with van der Waals surface area (Å²) in [7, 11) is 0. The number of anilines is 4. The Hall–Kier alpha value is -3.39. The molecule has 0 spiro atoms. The van der Waals surface area contributed by atoms with Crippen molar-refractivity contribution in [1.82, 2.24) is 19.9 Å². The van der Waals surface area contributed by atoms with Crippen molar-refractivity contribution < 1.29 is 4.74 Å². The summed E-state index contributed by atoms with van der Waals surface area (Å²) in [5.41, 5.74) is 8.07. The average Bonchev–Trinajstić information content (AvgIpc) is 2.76. The fourth-order valence-electron chi connectivity index (χ4n) is 3.50. The summed E-state index contributed by atoms with van der Waals surface area (Å²) in [5.74, 6) is 2.17. The van der Waals surface area contributed by atoms with Crippen molar-refractivity contribution in [1.29, 1.82) is 0 Å². The minimum atomic E-state index is 0.219. The first-order valence-electron chi connectivity index (χ1n) is 10.2. The van der Waals surface area contributed by atoms with Gasteiger partial charge in [-0.1, -0.05) is 18.2 Å². The van der Waals surface area contributed by atoms with Crippen molar-refractivity contribution in [3.63, 3.8) is 0 Å². The minimum Gasteiger partial charge on any atom is -0.494 e. The molecule has 0 aliphatic carbocycles. The molecule has 4 rings (SSSR count). The molecule has 0 radical (unpaired) electrons. The van der Waals surface area contributed by atoms with Crippen LogP contribution >= 0.6 is 0 Å². The molecule has 1 saturated heterocycles. The summed E-state index contributed by atoms with van der Waals surface area (Å²) < 4.78 is 5.47. The van der Waals surface area contributed by atoms with E-state index in [2.05, 4.69) is 54.3 Å². The lowest BCUT2D eigenvalue weighted by atomic mass is 10.2. The first-order valence-corrected chi connectivity index (χ1v) is 10.2. The van der Waals surface area contributed by atoms with Crippen molar-refractivity contribution in [2.75, 3.05) is 48.7 Å². The van der Waals surface area contributed by atoms with E-state index in [1.54, 1.807) is 0 Å². The third kappa shape index (κ3) is 5.15. The van der Waals surface area contributed by atoms with Crippen LogP contribution in [0.2, 0.25) is 0 Å². The maximum atomic E-state index is 5.93. The third-order valence-electron chi connectivity index (χ3n) is 4.98. The van der Waals surface area contributed by atoms with Gasteiger partial charge in [-0.2, -0.15) is 15.0 Å². The van der Waals surface area contributed by atoms with Crippen LogP contribution in [-0.4, -0.2) is 52.6 Å². The Labute approximate surface area is 176 Å². The van der Waals surface area contributed by atoms with Crippen LogP contribution in [0.4, 0.5) is 23.3 Å². The van der Waals surface area contributed by atoms with Gasteiger partial charge in [0.15, 0.2) is 0 Å². The molecule has 8 heteroatoms. The van der Waals surface area contributed by atoms with Gasteiger partial charge in [0, 0.05) is 37.6 Å². The molecular formula is C22H27N7O. The molecule has 0 unspecified atom stereocenters. The number of rotatable bonds is 7. The van der Waals surface area contributed by atoms with Crippen LogP contribution in [0.5, 0.6) is 5.75 Å². The van der Waals surface area contributed by atoms with E-state index in [9.17, 15) is 0 Å². The highest BCUT2D eigenvalue weighted by Gasteiger charge is 2.18. The Bertz CT molecular complexity index is 941. The topological polar surface area (TPSA) is 92.4 Å². The summed E-state index contributed by atoms with van der Waals surface area (Å²) >= 11 is 0. The fourth-order valence-corrected chi connectivity index (χ4v) is 3.50. The van der Waals surface area contributed by atoms with E-state index in [4.69, 9.17) is 10.5 Å². The summed E-state index contributed by atoms with van der Waals surface area (Å²) in [6, 6.07) is 18.2. The quantitative estimate of drug-likeness (QED) is 0.620. The number of nitrogens with zero attached hydrogens (tertiary/aromatic N) is 5. The molecule has 1 aliphatic rings. The maximum Gasteiger partial charge on any atom is 0.232 e. The smallest absolute Gasteiger partial charge is 0.232 e. The second-order valence-electron chi connectivity index (χ2n) is 7.11. The van der Waals surface area contributed by atoms with E-state index >= 15 is 0 Å². The second kappa shape index (κ2) is 9.41. The van der Waals surface area contributed by atoms with Crippen LogP contribution in [0.1, 0.15) is 12.7 Å². The lowest BCUT2D eigenvalue weighted by Crippen LogP contribution is -2.46. The van der Waals surface area contributed by atoms with Gasteiger partial charge >= 0.3 is 0 Å². The van der Waals surface area contributed by atoms with Crippen molar-refractivity contribution in [2.45, 2.75) is 13.5 Å². The Balaban J connectivity index is 1.36. The molecule has 2 aromatic carbocycles. The normalized spacial score (nSPS) is 14.5. The number of benzene rings is 2. The van der Waals surface area contributed by atoms with Crippen LogP contribution in [-0.2, 0) is 6.54 Å². The number of piperazine rings is 1. The van der Waals surface area contributed by atoms with Gasteiger partial charge in [-0.3, -0.25) is 4.90 Å². The highest BCUT2D eigenvalue weighted by atomic mass is 16.5. The first-order chi connectivity index (χ1) is 14.7. The SMILES string of the molecule is CCOc1ccc(Nc2nc(N)nc(CN3CCN(c4ccccc4)CC3)n2)cc1. The van der Waals surface area contributed by atoms with Crippen molar-refractivity contribution in [3.8, 4) is 5.75 Å². The fraction of sp³-hybridized carbons (Fsp3) is 0.318. The zero-order valence-corrected chi connectivity index (χ0v) is 17.2. The van der Waals surface area contributed by atoms with E-state index in [1.807, 2.05) is 37.3 Å². The molecule has 2 heterocycles. The third-order valence-corrected chi connectivity index (χ3v) is 4.98. The molecule has 1 aliphatic heterocycles. The molecule has 0 saturated carbocycles. The number of nitrogens with two attached hydrogens (primary N) is 1. The Morgan fingerprint density at radius 3 is 2.37 bits per heavy atom. The van der Waals surface area contributed by atoms with Crippen molar-refractivity contribution in [2.24, 2.45) is 0 Å². The van der Waals surface area contributed by atoms with Gasteiger partial charge in [0.2, 0.25) is 11.9 Å². The number of nitrogen functional groups attached to an aromatic ring is 1. The summed E-state index contributed by atoms with van der Waals surface area (Å²) in [5, 5.41) is 3.20. The summed E-state index contributed by atoms with van der Waals surface area (Å²) in [6.45, 7) is 7.09. The monoisotopic (exact) mass is 405 g/mol. The Kier molecular flexibility index (Phi) is 6.24. The van der Waals surface area contributed by atoms with E-state index in [0.717, 1.165) is 37.6 Å². The highest BCUT2D eigenvalue weighted by Crippen LogP contribution is 2.19. The molecule has 1 fully saturated rings. The van der Waals surface area contributed by atoms with Gasteiger partial charge in [0.05, 0.1) is 13.2 Å². The Morgan fingerprint density at radius 1 is 0.933 bits per heavy atom. The van der Waals surface area contributed by atoms with Crippen LogP contribution in [0.3, 0.4) is 0 Å². The zero-order chi connectivity index (χ0) is 20.8. The maximum absolute atomic E-state index is 5.93. The molecular weight excluding hydrogens is 378 g/mol. The number of hydrogen-bond donors (Lipinski definition) is 2. The van der Waals surface area contributed by atoms with Gasteiger partial charge in [-0.05, 0) is 43.3 Å². The molecule has 3 aromatic rings. The summed E-state index contributed by atoms with van der Waals surface area (Å²) in [6.07, 6.45) is 0. The zero-order valence-electron chi connectivity index (χ0n) is 17.2. The number of hydrogen-bond acceptors (Lipinski definition) is 8. The molecule has 0 atom stereocenters. The average molecular weight is 406 g/mol. The molecule has 3 N–H and O–H groups in total. The molecule has 0 amide bonds. The van der Waals surface area contributed by atoms with Crippen LogP contribution < -0.4 is 20.7 Å². The number of nitrogens with one attached hydrogen (secondary N) is 1. The highest BCUT2D eigenvalue weighted by molar-refractivity contribution is 5.55. The molecule has 156 valence electrons. The van der Waals surface area contributed by atoms with Crippen LogP contribution in [0.25, 0.3) is 0 Å². The number of para-hydroxylation sites is 1. The first kappa shape index (κ1) is 19.9.